The largest absolute Gasteiger partial charge is 0.506 e. The number of hydrogen-bond acceptors (Lipinski definition) is 2. The predicted molar refractivity (Wildman–Crippen MR) is 86.7 cm³/mol. The van der Waals surface area contributed by atoms with E-state index in [0.717, 1.165) is 15.7 Å². The summed E-state index contributed by atoms with van der Waals surface area (Å²) in [5.74, 6) is 0.279. The second-order valence-electron chi connectivity index (χ2n) is 4.57. The van der Waals surface area contributed by atoms with Gasteiger partial charge in [0.2, 0.25) is 0 Å². The fraction of sp³-hybridized carbons (Fsp3) is 0.200. The highest BCUT2D eigenvalue weighted by molar-refractivity contribution is 9.11. The molecular formula is C15H15Br2NO. The van der Waals surface area contributed by atoms with Gasteiger partial charge < -0.3 is 10.4 Å². The maximum atomic E-state index is 10.0. The molecule has 2 nitrogen and oxygen atoms in total. The average molecular weight is 385 g/mol. The van der Waals surface area contributed by atoms with Gasteiger partial charge in [0, 0.05) is 22.3 Å². The minimum Gasteiger partial charge on any atom is -0.506 e. The van der Waals surface area contributed by atoms with Gasteiger partial charge in [-0.1, -0.05) is 28.1 Å². The molecule has 0 saturated carbocycles. The molecule has 4 heteroatoms. The summed E-state index contributed by atoms with van der Waals surface area (Å²) in [5, 5.41) is 13.4. The Kier molecular flexibility index (Phi) is 4.53. The number of halogens is 2. The van der Waals surface area contributed by atoms with Gasteiger partial charge in [0.15, 0.2) is 0 Å². The second kappa shape index (κ2) is 5.97. The van der Waals surface area contributed by atoms with E-state index in [1.165, 1.54) is 11.1 Å². The van der Waals surface area contributed by atoms with Crippen LogP contribution < -0.4 is 5.32 Å². The van der Waals surface area contributed by atoms with Crippen LogP contribution >= 0.6 is 31.9 Å². The Morgan fingerprint density at radius 1 is 1.11 bits per heavy atom. The summed E-state index contributed by atoms with van der Waals surface area (Å²) in [4.78, 5) is 0. The van der Waals surface area contributed by atoms with Gasteiger partial charge in [-0.15, -0.1) is 0 Å². The summed E-state index contributed by atoms with van der Waals surface area (Å²) < 4.78 is 1.63. The third-order valence-electron chi connectivity index (χ3n) is 2.97. The van der Waals surface area contributed by atoms with Gasteiger partial charge in [0.25, 0.3) is 0 Å². The normalized spacial score (nSPS) is 10.5. The Morgan fingerprint density at radius 2 is 1.84 bits per heavy atom. The van der Waals surface area contributed by atoms with E-state index in [2.05, 4.69) is 69.2 Å². The highest BCUT2D eigenvalue weighted by atomic mass is 79.9. The first-order chi connectivity index (χ1) is 8.97. The second-order valence-corrected chi connectivity index (χ2v) is 6.34. The summed E-state index contributed by atoms with van der Waals surface area (Å²) in [7, 11) is 0. The van der Waals surface area contributed by atoms with Crippen molar-refractivity contribution >= 4 is 37.5 Å². The van der Waals surface area contributed by atoms with Crippen molar-refractivity contribution in [1.82, 2.24) is 0 Å². The van der Waals surface area contributed by atoms with Crippen molar-refractivity contribution in [2.75, 3.05) is 5.32 Å². The summed E-state index contributed by atoms with van der Waals surface area (Å²) in [6, 6.07) is 10.0. The molecule has 2 rings (SSSR count). The molecule has 0 aliphatic heterocycles. The zero-order valence-corrected chi connectivity index (χ0v) is 14.0. The predicted octanol–water partition coefficient (Wildman–Crippen LogP) is 5.15. The van der Waals surface area contributed by atoms with Crippen LogP contribution in [0, 0.1) is 13.8 Å². The summed E-state index contributed by atoms with van der Waals surface area (Å²) >= 11 is 6.77. The Bertz CT molecular complexity index is 611. The van der Waals surface area contributed by atoms with Crippen molar-refractivity contribution in [1.29, 1.82) is 0 Å². The van der Waals surface area contributed by atoms with E-state index < -0.39 is 0 Å². The lowest BCUT2D eigenvalue weighted by atomic mass is 10.1. The SMILES string of the molecule is Cc1ccc(C)c(NCc2cc(Br)cc(Br)c2O)c1. The molecule has 0 aromatic heterocycles. The fourth-order valence-electron chi connectivity index (χ4n) is 1.87. The lowest BCUT2D eigenvalue weighted by Gasteiger charge is -2.12. The van der Waals surface area contributed by atoms with E-state index in [-0.39, 0.29) is 5.75 Å². The third-order valence-corrected chi connectivity index (χ3v) is 4.03. The number of hydrogen-bond donors (Lipinski definition) is 2. The molecule has 0 radical (unpaired) electrons. The number of phenolic OH excluding ortho intramolecular Hbond substituents is 1. The average Bonchev–Trinajstić information content (AvgIpc) is 2.35. The van der Waals surface area contributed by atoms with Gasteiger partial charge in [0.05, 0.1) is 4.47 Å². The minimum absolute atomic E-state index is 0.279. The number of nitrogens with one attached hydrogen (secondary N) is 1. The van der Waals surface area contributed by atoms with Gasteiger partial charge in [-0.05, 0) is 59.1 Å². The highest BCUT2D eigenvalue weighted by Crippen LogP contribution is 2.32. The van der Waals surface area contributed by atoms with Gasteiger partial charge in [-0.2, -0.15) is 0 Å². The third kappa shape index (κ3) is 3.51. The molecule has 0 aliphatic rings. The lowest BCUT2D eigenvalue weighted by Crippen LogP contribution is -2.02. The van der Waals surface area contributed by atoms with Crippen LogP contribution in [0.4, 0.5) is 5.69 Å². The first-order valence-electron chi connectivity index (χ1n) is 5.95. The molecule has 0 amide bonds. The number of benzene rings is 2. The van der Waals surface area contributed by atoms with Crippen LogP contribution in [0.1, 0.15) is 16.7 Å². The van der Waals surface area contributed by atoms with Crippen LogP contribution in [0.2, 0.25) is 0 Å². The van der Waals surface area contributed by atoms with Crippen LogP contribution in [0.25, 0.3) is 0 Å². The van der Waals surface area contributed by atoms with Crippen molar-refractivity contribution in [2.45, 2.75) is 20.4 Å². The van der Waals surface area contributed by atoms with Crippen molar-refractivity contribution < 1.29 is 5.11 Å². The fourth-order valence-corrected chi connectivity index (χ4v) is 3.18. The zero-order chi connectivity index (χ0) is 14.0. The molecule has 2 aromatic rings. The standard InChI is InChI=1S/C15H15Br2NO/c1-9-3-4-10(2)14(5-9)18-8-11-6-12(16)7-13(17)15(11)19/h3-7,18-19H,8H2,1-2H3. The van der Waals surface area contributed by atoms with Crippen molar-refractivity contribution in [2.24, 2.45) is 0 Å². The molecule has 0 atom stereocenters. The van der Waals surface area contributed by atoms with E-state index in [0.29, 0.717) is 11.0 Å². The quantitative estimate of drug-likeness (QED) is 0.767. The van der Waals surface area contributed by atoms with E-state index in [1.807, 2.05) is 12.1 Å². The molecule has 0 heterocycles. The van der Waals surface area contributed by atoms with Crippen molar-refractivity contribution in [3.63, 3.8) is 0 Å². The van der Waals surface area contributed by atoms with E-state index in [4.69, 9.17) is 0 Å². The number of anilines is 1. The Balaban J connectivity index is 2.21. The maximum absolute atomic E-state index is 10.0. The molecule has 100 valence electrons. The van der Waals surface area contributed by atoms with Crippen LogP contribution in [0.15, 0.2) is 39.3 Å². The van der Waals surface area contributed by atoms with Crippen LogP contribution in [-0.2, 0) is 6.54 Å². The molecule has 2 aromatic carbocycles. The molecule has 0 spiro atoms. The van der Waals surface area contributed by atoms with Crippen LogP contribution in [0.3, 0.4) is 0 Å². The zero-order valence-electron chi connectivity index (χ0n) is 10.8. The molecule has 2 N–H and O–H groups in total. The monoisotopic (exact) mass is 383 g/mol. The van der Waals surface area contributed by atoms with Crippen LogP contribution in [0.5, 0.6) is 5.75 Å². The van der Waals surface area contributed by atoms with Gasteiger partial charge in [0.1, 0.15) is 5.75 Å². The summed E-state index contributed by atoms with van der Waals surface area (Å²) in [5.41, 5.74) is 4.35. The molecule has 0 bridgehead atoms. The van der Waals surface area contributed by atoms with Gasteiger partial charge >= 0.3 is 0 Å². The van der Waals surface area contributed by atoms with Crippen molar-refractivity contribution in [3.05, 3.63) is 56.0 Å². The Morgan fingerprint density at radius 3 is 2.58 bits per heavy atom. The number of aryl methyl sites for hydroxylation is 2. The molecule has 0 aliphatic carbocycles. The molecule has 0 unspecified atom stereocenters. The van der Waals surface area contributed by atoms with Gasteiger partial charge in [-0.25, -0.2) is 0 Å². The topological polar surface area (TPSA) is 32.3 Å². The summed E-state index contributed by atoms with van der Waals surface area (Å²) in [6.07, 6.45) is 0. The van der Waals surface area contributed by atoms with Gasteiger partial charge in [-0.3, -0.25) is 0 Å². The first kappa shape index (κ1) is 14.4. The van der Waals surface area contributed by atoms with Crippen LogP contribution in [-0.4, -0.2) is 5.11 Å². The highest BCUT2D eigenvalue weighted by Gasteiger charge is 2.08. The molecule has 19 heavy (non-hydrogen) atoms. The van der Waals surface area contributed by atoms with E-state index in [1.54, 1.807) is 0 Å². The Labute approximate surface area is 130 Å². The molecule has 0 saturated heterocycles. The summed E-state index contributed by atoms with van der Waals surface area (Å²) in [6.45, 7) is 4.71. The number of aromatic hydroxyl groups is 1. The van der Waals surface area contributed by atoms with E-state index in [9.17, 15) is 5.11 Å². The number of phenols is 1. The Hall–Kier alpha value is -1.00. The first-order valence-corrected chi connectivity index (χ1v) is 7.54. The lowest BCUT2D eigenvalue weighted by molar-refractivity contribution is 0.465. The van der Waals surface area contributed by atoms with E-state index >= 15 is 0 Å². The minimum atomic E-state index is 0.279. The molecule has 0 fully saturated rings. The smallest absolute Gasteiger partial charge is 0.134 e. The maximum Gasteiger partial charge on any atom is 0.134 e. The molecular weight excluding hydrogens is 370 g/mol. The van der Waals surface area contributed by atoms with Crippen molar-refractivity contribution in [3.8, 4) is 5.75 Å². The number of rotatable bonds is 3.